The van der Waals surface area contributed by atoms with Crippen LogP contribution < -0.4 is 0 Å². The van der Waals surface area contributed by atoms with Crippen molar-refractivity contribution in [3.63, 3.8) is 0 Å². The first kappa shape index (κ1) is 24.0. The molecule has 0 unspecified atom stereocenters. The van der Waals surface area contributed by atoms with Gasteiger partial charge in [0.25, 0.3) is 0 Å². The maximum atomic E-state index is 11.0. The summed E-state index contributed by atoms with van der Waals surface area (Å²) in [6.07, 6.45) is 7.27. The van der Waals surface area contributed by atoms with Crippen LogP contribution in [0.2, 0.25) is 0 Å². The minimum absolute atomic E-state index is 0.120. The Morgan fingerprint density at radius 1 is 0.839 bits per heavy atom. The molecule has 4 nitrogen and oxygen atoms in total. The molecule has 0 amide bonds. The van der Waals surface area contributed by atoms with Gasteiger partial charge in [0.2, 0.25) is 0 Å². The van der Waals surface area contributed by atoms with Crippen LogP contribution in [0.1, 0.15) is 92.4 Å². The van der Waals surface area contributed by atoms with Crippen molar-refractivity contribution >= 4 is 0 Å². The first-order valence-electron chi connectivity index (χ1n) is 13.3. The Kier molecular flexibility index (Phi) is 6.62. The fraction of sp³-hybridized carbons (Fsp3) is 1.00. The highest BCUT2D eigenvalue weighted by Gasteiger charge is 2.61. The third kappa shape index (κ3) is 3.72. The second-order valence-corrected chi connectivity index (χ2v) is 12.7. The van der Waals surface area contributed by atoms with E-state index in [0.29, 0.717) is 29.6 Å². The predicted octanol–water partition coefficient (Wildman–Crippen LogP) is 4.38. The average Bonchev–Trinajstić information content (AvgIpc) is 3.09. The molecule has 180 valence electrons. The van der Waals surface area contributed by atoms with Crippen LogP contribution in [0.15, 0.2) is 0 Å². The third-order valence-corrected chi connectivity index (χ3v) is 11.5. The summed E-state index contributed by atoms with van der Waals surface area (Å²) in [6, 6.07) is 0. The van der Waals surface area contributed by atoms with E-state index in [1.54, 1.807) is 0 Å². The summed E-state index contributed by atoms with van der Waals surface area (Å²) in [7, 11) is 0. The monoisotopic (exact) mass is 436 g/mol. The third-order valence-electron chi connectivity index (χ3n) is 11.5. The SMILES string of the molecule is CC[C@H](C)[C@@H](O)[C@H](O)[C@@H](C)[C@H]1CC[C@H]2[C@@H]3CC[C@H]4C[C@H](O)[C@H](O)C[C@]4(C)[C@H]3CC[C@]12C. The Morgan fingerprint density at radius 2 is 1.52 bits per heavy atom. The highest BCUT2D eigenvalue weighted by atomic mass is 16.3. The topological polar surface area (TPSA) is 80.9 Å². The molecule has 4 saturated carbocycles. The van der Waals surface area contributed by atoms with Crippen molar-refractivity contribution in [2.75, 3.05) is 0 Å². The fourth-order valence-corrected chi connectivity index (χ4v) is 9.31. The van der Waals surface area contributed by atoms with E-state index in [2.05, 4.69) is 27.7 Å². The number of aliphatic hydroxyl groups excluding tert-OH is 4. The minimum Gasteiger partial charge on any atom is -0.390 e. The number of hydrogen-bond acceptors (Lipinski definition) is 4. The molecule has 4 rings (SSSR count). The van der Waals surface area contributed by atoms with E-state index in [-0.39, 0.29) is 22.7 Å². The standard InChI is InChI=1S/C27H48O4/c1-6-15(2)24(30)25(31)16(3)19-9-10-20-18-8-7-17-13-22(28)23(29)14-27(17,5)21(18)11-12-26(19,20)4/h15-25,28-31H,6-14H2,1-5H3/t15-,16-,17-,18-,19+,20-,21-,22-,23+,24+,25+,26+,27-/m0/s1. The number of aliphatic hydroxyl groups is 4. The zero-order valence-corrected chi connectivity index (χ0v) is 20.5. The number of hydrogen-bond donors (Lipinski definition) is 4. The van der Waals surface area contributed by atoms with Crippen LogP contribution in [0.3, 0.4) is 0 Å². The van der Waals surface area contributed by atoms with Crippen LogP contribution >= 0.6 is 0 Å². The van der Waals surface area contributed by atoms with E-state index in [0.717, 1.165) is 25.7 Å². The molecule has 0 aliphatic heterocycles. The summed E-state index contributed by atoms with van der Waals surface area (Å²) in [5.41, 5.74) is 0.394. The molecule has 4 aliphatic rings. The van der Waals surface area contributed by atoms with Crippen molar-refractivity contribution in [2.45, 2.75) is 117 Å². The fourth-order valence-electron chi connectivity index (χ4n) is 9.31. The molecule has 4 heteroatoms. The van der Waals surface area contributed by atoms with Crippen molar-refractivity contribution in [1.82, 2.24) is 0 Å². The molecule has 0 spiro atoms. The number of fused-ring (bicyclic) bond motifs is 5. The minimum atomic E-state index is -0.642. The van der Waals surface area contributed by atoms with Crippen molar-refractivity contribution in [1.29, 1.82) is 0 Å². The maximum Gasteiger partial charge on any atom is 0.0830 e. The molecule has 0 aromatic heterocycles. The van der Waals surface area contributed by atoms with Crippen molar-refractivity contribution in [3.05, 3.63) is 0 Å². The van der Waals surface area contributed by atoms with Gasteiger partial charge in [0.15, 0.2) is 0 Å². The lowest BCUT2D eigenvalue weighted by molar-refractivity contribution is -0.163. The molecule has 4 aliphatic carbocycles. The predicted molar refractivity (Wildman–Crippen MR) is 123 cm³/mol. The summed E-state index contributed by atoms with van der Waals surface area (Å²) in [6.45, 7) is 11.2. The molecule has 4 fully saturated rings. The first-order valence-corrected chi connectivity index (χ1v) is 13.3. The van der Waals surface area contributed by atoms with E-state index in [1.165, 1.54) is 32.1 Å². The second-order valence-electron chi connectivity index (χ2n) is 12.7. The normalized spacial score (nSPS) is 51.2. The zero-order valence-electron chi connectivity index (χ0n) is 20.5. The maximum absolute atomic E-state index is 11.0. The molecule has 0 saturated heterocycles. The molecule has 13 atom stereocenters. The Bertz CT molecular complexity index is 639. The van der Waals surface area contributed by atoms with Gasteiger partial charge >= 0.3 is 0 Å². The molecule has 31 heavy (non-hydrogen) atoms. The Labute approximate surface area is 189 Å². The summed E-state index contributed by atoms with van der Waals surface area (Å²) < 4.78 is 0. The van der Waals surface area contributed by atoms with Gasteiger partial charge in [0, 0.05) is 0 Å². The summed E-state index contributed by atoms with van der Waals surface area (Å²) in [5, 5.41) is 42.5. The van der Waals surface area contributed by atoms with E-state index in [4.69, 9.17) is 0 Å². The largest absolute Gasteiger partial charge is 0.390 e. The van der Waals surface area contributed by atoms with Crippen LogP contribution in [0.5, 0.6) is 0 Å². The molecule has 0 radical (unpaired) electrons. The smallest absolute Gasteiger partial charge is 0.0830 e. The van der Waals surface area contributed by atoms with Gasteiger partial charge in [-0.15, -0.1) is 0 Å². The highest BCUT2D eigenvalue weighted by Crippen LogP contribution is 2.68. The Hall–Kier alpha value is -0.160. The number of rotatable bonds is 5. The van der Waals surface area contributed by atoms with Crippen LogP contribution in [-0.2, 0) is 0 Å². The lowest BCUT2D eigenvalue weighted by Gasteiger charge is -2.61. The molecule has 0 heterocycles. The van der Waals surface area contributed by atoms with E-state index in [1.807, 2.05) is 6.92 Å². The van der Waals surface area contributed by atoms with Gasteiger partial charge in [0.1, 0.15) is 0 Å². The van der Waals surface area contributed by atoms with Gasteiger partial charge in [0.05, 0.1) is 24.4 Å². The molecular weight excluding hydrogens is 388 g/mol. The van der Waals surface area contributed by atoms with Gasteiger partial charge in [-0.3, -0.25) is 0 Å². The van der Waals surface area contributed by atoms with E-state index < -0.39 is 24.4 Å². The molecular formula is C27H48O4. The summed E-state index contributed by atoms with van der Waals surface area (Å²) in [4.78, 5) is 0. The van der Waals surface area contributed by atoms with Gasteiger partial charge in [-0.05, 0) is 104 Å². The highest BCUT2D eigenvalue weighted by molar-refractivity contribution is 5.11. The molecule has 0 bridgehead atoms. The Morgan fingerprint density at radius 3 is 2.19 bits per heavy atom. The Balaban J connectivity index is 1.52. The molecule has 0 aromatic rings. The lowest BCUT2D eigenvalue weighted by atomic mass is 9.44. The molecule has 0 aromatic carbocycles. The van der Waals surface area contributed by atoms with Crippen LogP contribution in [0, 0.1) is 52.3 Å². The van der Waals surface area contributed by atoms with Gasteiger partial charge < -0.3 is 20.4 Å². The van der Waals surface area contributed by atoms with Crippen LogP contribution in [0.4, 0.5) is 0 Å². The summed E-state index contributed by atoms with van der Waals surface area (Å²) in [5.74, 6) is 3.30. The van der Waals surface area contributed by atoms with Crippen molar-refractivity contribution in [3.8, 4) is 0 Å². The quantitative estimate of drug-likeness (QED) is 0.515. The van der Waals surface area contributed by atoms with Gasteiger partial charge in [-0.2, -0.15) is 0 Å². The van der Waals surface area contributed by atoms with Crippen molar-refractivity contribution in [2.24, 2.45) is 52.3 Å². The van der Waals surface area contributed by atoms with Gasteiger partial charge in [-0.1, -0.05) is 41.0 Å². The summed E-state index contributed by atoms with van der Waals surface area (Å²) >= 11 is 0. The lowest BCUT2D eigenvalue weighted by Crippen LogP contribution is -2.57. The molecule has 4 N–H and O–H groups in total. The van der Waals surface area contributed by atoms with Crippen molar-refractivity contribution < 1.29 is 20.4 Å². The van der Waals surface area contributed by atoms with Crippen LogP contribution in [0.25, 0.3) is 0 Å². The zero-order chi connectivity index (χ0) is 22.7. The van der Waals surface area contributed by atoms with Gasteiger partial charge in [-0.25, -0.2) is 0 Å². The van der Waals surface area contributed by atoms with E-state index in [9.17, 15) is 20.4 Å². The van der Waals surface area contributed by atoms with Crippen LogP contribution in [-0.4, -0.2) is 44.8 Å². The first-order chi connectivity index (χ1) is 14.5. The van der Waals surface area contributed by atoms with E-state index >= 15 is 0 Å². The average molecular weight is 437 g/mol. The second kappa shape index (κ2) is 8.56.